The highest BCUT2D eigenvalue weighted by molar-refractivity contribution is 6.10. The second-order valence-electron chi connectivity index (χ2n) is 7.58. The number of hydrogen-bond donors (Lipinski definition) is 1. The minimum absolute atomic E-state index is 0.0392. The number of ether oxygens (including phenoxy) is 1. The molecule has 2 aliphatic rings. The smallest absolute Gasteiger partial charge is 0.311 e. The lowest BCUT2D eigenvalue weighted by molar-refractivity contribution is -0.151. The molecule has 1 atom stereocenters. The van der Waals surface area contributed by atoms with Crippen molar-refractivity contribution in [1.82, 2.24) is 0 Å². The molecule has 8 nitrogen and oxygen atoms in total. The number of anilines is 3. The van der Waals surface area contributed by atoms with E-state index >= 15 is 0 Å². The Hall–Kier alpha value is -3.68. The molecule has 8 heteroatoms. The van der Waals surface area contributed by atoms with Gasteiger partial charge < -0.3 is 15.0 Å². The molecule has 1 N–H and O–H groups in total. The molecule has 0 saturated carbocycles. The molecule has 0 bridgehead atoms. The van der Waals surface area contributed by atoms with E-state index < -0.39 is 24.4 Å². The third-order valence-corrected chi connectivity index (χ3v) is 5.52. The number of nitrogens with zero attached hydrogens (tertiary/aromatic N) is 2. The molecular formula is C23H23N3O5. The van der Waals surface area contributed by atoms with Crippen molar-refractivity contribution in [2.24, 2.45) is 5.92 Å². The van der Waals surface area contributed by atoms with Crippen molar-refractivity contribution in [3.8, 4) is 0 Å². The molecule has 4 rings (SSSR count). The third-order valence-electron chi connectivity index (χ3n) is 5.52. The van der Waals surface area contributed by atoms with E-state index in [0.29, 0.717) is 11.4 Å². The second-order valence-corrected chi connectivity index (χ2v) is 7.58. The lowest BCUT2D eigenvalue weighted by atomic mass is 10.1. The Kier molecular flexibility index (Phi) is 5.70. The van der Waals surface area contributed by atoms with Gasteiger partial charge in [-0.1, -0.05) is 31.2 Å². The summed E-state index contributed by atoms with van der Waals surface area (Å²) in [5.41, 5.74) is 2.99. The number of rotatable bonds is 5. The minimum Gasteiger partial charge on any atom is -0.455 e. The monoisotopic (exact) mass is 421 g/mol. The number of hydrogen-bond acceptors (Lipinski definition) is 5. The van der Waals surface area contributed by atoms with E-state index in [4.69, 9.17) is 4.74 Å². The van der Waals surface area contributed by atoms with E-state index in [-0.39, 0.29) is 31.3 Å². The summed E-state index contributed by atoms with van der Waals surface area (Å²) in [6.45, 7) is 1.64. The van der Waals surface area contributed by atoms with Gasteiger partial charge in [0.15, 0.2) is 6.61 Å². The Bertz CT molecular complexity index is 1030. The third kappa shape index (κ3) is 4.28. The molecule has 1 saturated heterocycles. The van der Waals surface area contributed by atoms with Crippen LogP contribution in [0.5, 0.6) is 0 Å². The Morgan fingerprint density at radius 2 is 1.84 bits per heavy atom. The van der Waals surface area contributed by atoms with E-state index in [1.807, 2.05) is 24.3 Å². The van der Waals surface area contributed by atoms with Crippen molar-refractivity contribution in [2.75, 3.05) is 34.8 Å². The molecule has 1 fully saturated rings. The second kappa shape index (κ2) is 8.59. The van der Waals surface area contributed by atoms with Crippen LogP contribution >= 0.6 is 0 Å². The zero-order valence-corrected chi connectivity index (χ0v) is 17.2. The Balaban J connectivity index is 1.36. The summed E-state index contributed by atoms with van der Waals surface area (Å²) in [5.74, 6) is -2.19. The van der Waals surface area contributed by atoms with Crippen LogP contribution in [0.4, 0.5) is 17.1 Å². The molecule has 0 aromatic heterocycles. The summed E-state index contributed by atoms with van der Waals surface area (Å²) in [4.78, 5) is 52.3. The van der Waals surface area contributed by atoms with Gasteiger partial charge in [-0.3, -0.25) is 24.1 Å². The first-order valence-electron chi connectivity index (χ1n) is 10.2. The average Bonchev–Trinajstić information content (AvgIpc) is 3.18. The van der Waals surface area contributed by atoms with Gasteiger partial charge in [0.05, 0.1) is 17.3 Å². The Labute approximate surface area is 179 Å². The molecule has 2 aromatic rings. The van der Waals surface area contributed by atoms with Gasteiger partial charge in [-0.25, -0.2) is 0 Å². The summed E-state index contributed by atoms with van der Waals surface area (Å²) >= 11 is 0. The molecule has 3 amide bonds. The molecular weight excluding hydrogens is 398 g/mol. The van der Waals surface area contributed by atoms with Crippen LogP contribution in [0, 0.1) is 5.92 Å². The first-order chi connectivity index (χ1) is 15.0. The van der Waals surface area contributed by atoms with E-state index in [1.165, 1.54) is 4.90 Å². The van der Waals surface area contributed by atoms with Gasteiger partial charge in [-0.05, 0) is 36.2 Å². The summed E-state index contributed by atoms with van der Waals surface area (Å²) in [6, 6.07) is 14.6. The first-order valence-corrected chi connectivity index (χ1v) is 10.2. The molecule has 0 aliphatic carbocycles. The maximum atomic E-state index is 12.6. The highest BCUT2D eigenvalue weighted by atomic mass is 16.5. The molecule has 0 radical (unpaired) electrons. The van der Waals surface area contributed by atoms with Gasteiger partial charge in [0.1, 0.15) is 6.54 Å². The van der Waals surface area contributed by atoms with Crippen LogP contribution in [-0.2, 0) is 30.3 Å². The zero-order valence-electron chi connectivity index (χ0n) is 17.2. The Morgan fingerprint density at radius 1 is 1.10 bits per heavy atom. The number of fused-ring (bicyclic) bond motifs is 1. The topological polar surface area (TPSA) is 96.0 Å². The van der Waals surface area contributed by atoms with Crippen LogP contribution in [-0.4, -0.2) is 43.4 Å². The Morgan fingerprint density at radius 3 is 2.58 bits per heavy atom. The molecule has 31 heavy (non-hydrogen) atoms. The first kappa shape index (κ1) is 20.6. The summed E-state index contributed by atoms with van der Waals surface area (Å²) in [6.07, 6.45) is 0.942. The van der Waals surface area contributed by atoms with Crippen LogP contribution in [0.15, 0.2) is 48.5 Å². The number of benzene rings is 2. The largest absolute Gasteiger partial charge is 0.455 e. The van der Waals surface area contributed by atoms with Crippen molar-refractivity contribution in [3.05, 3.63) is 54.1 Å². The van der Waals surface area contributed by atoms with Crippen molar-refractivity contribution in [1.29, 1.82) is 0 Å². The van der Waals surface area contributed by atoms with Gasteiger partial charge in [-0.2, -0.15) is 0 Å². The fourth-order valence-corrected chi connectivity index (χ4v) is 3.81. The molecule has 2 aliphatic heterocycles. The van der Waals surface area contributed by atoms with Crippen molar-refractivity contribution in [2.45, 2.75) is 19.8 Å². The minimum atomic E-state index is -0.636. The summed E-state index contributed by atoms with van der Waals surface area (Å²) < 4.78 is 5.22. The predicted octanol–water partition coefficient (Wildman–Crippen LogP) is 2.13. The fourth-order valence-electron chi connectivity index (χ4n) is 3.81. The van der Waals surface area contributed by atoms with Gasteiger partial charge in [0.2, 0.25) is 11.8 Å². The number of carbonyl (C=O) groups excluding carboxylic acids is 4. The molecule has 2 aromatic carbocycles. The van der Waals surface area contributed by atoms with E-state index in [1.54, 1.807) is 29.2 Å². The highest BCUT2D eigenvalue weighted by Gasteiger charge is 2.37. The fraction of sp³-hybridized carbons (Fsp3) is 0.304. The van der Waals surface area contributed by atoms with Crippen LogP contribution in [0.3, 0.4) is 0 Å². The van der Waals surface area contributed by atoms with Gasteiger partial charge in [-0.15, -0.1) is 0 Å². The lowest BCUT2D eigenvalue weighted by Gasteiger charge is -2.29. The number of para-hydroxylation sites is 2. The van der Waals surface area contributed by atoms with Gasteiger partial charge in [0, 0.05) is 18.7 Å². The quantitative estimate of drug-likeness (QED) is 0.746. The number of esters is 1. The van der Waals surface area contributed by atoms with Crippen molar-refractivity contribution >= 4 is 40.8 Å². The molecule has 2 heterocycles. The summed E-state index contributed by atoms with van der Waals surface area (Å²) in [5, 5.41) is 2.70. The maximum absolute atomic E-state index is 12.6. The van der Waals surface area contributed by atoms with Gasteiger partial charge >= 0.3 is 5.97 Å². The average molecular weight is 421 g/mol. The summed E-state index contributed by atoms with van der Waals surface area (Å²) in [7, 11) is 0. The van der Waals surface area contributed by atoms with Gasteiger partial charge in [0.25, 0.3) is 5.91 Å². The van der Waals surface area contributed by atoms with E-state index in [2.05, 4.69) is 12.2 Å². The number of nitrogens with one attached hydrogen (secondary N) is 1. The highest BCUT2D eigenvalue weighted by Crippen LogP contribution is 2.29. The van der Waals surface area contributed by atoms with Crippen LogP contribution < -0.4 is 15.1 Å². The normalized spacial score (nSPS) is 17.9. The van der Waals surface area contributed by atoms with Crippen molar-refractivity contribution < 1.29 is 23.9 Å². The number of aryl methyl sites for hydroxylation is 1. The molecule has 0 spiro atoms. The zero-order chi connectivity index (χ0) is 22.0. The van der Waals surface area contributed by atoms with Crippen LogP contribution in [0.25, 0.3) is 0 Å². The molecule has 0 unspecified atom stereocenters. The van der Waals surface area contributed by atoms with Crippen molar-refractivity contribution in [3.63, 3.8) is 0 Å². The number of carbonyl (C=O) groups is 4. The number of amides is 3. The maximum Gasteiger partial charge on any atom is 0.311 e. The van der Waals surface area contributed by atoms with Crippen LogP contribution in [0.1, 0.15) is 18.9 Å². The van der Waals surface area contributed by atoms with E-state index in [9.17, 15) is 19.2 Å². The SMILES string of the molecule is CCc1ccc(N2C[C@H](C(=O)OCC(=O)N3CC(=O)Nc4ccccc43)CC2=O)cc1. The standard InChI is InChI=1S/C23H23N3O5/c1-2-15-7-9-17(10-8-15)25-12-16(11-21(25)28)23(30)31-14-22(29)26-13-20(27)24-18-5-3-4-6-19(18)26/h3-10,16H,2,11-14H2,1H3,(H,24,27)/t16-/m1/s1. The van der Waals surface area contributed by atoms with E-state index in [0.717, 1.165) is 17.7 Å². The predicted molar refractivity (Wildman–Crippen MR) is 115 cm³/mol. The molecule has 160 valence electrons. The van der Waals surface area contributed by atoms with Crippen LogP contribution in [0.2, 0.25) is 0 Å². The lowest BCUT2D eigenvalue weighted by Crippen LogP contribution is -2.44.